The molecule has 0 unspecified atom stereocenters. The Labute approximate surface area is 104 Å². The van der Waals surface area contributed by atoms with E-state index in [4.69, 9.17) is 0 Å². The second kappa shape index (κ2) is 4.83. The van der Waals surface area contributed by atoms with Gasteiger partial charge < -0.3 is 5.32 Å². The van der Waals surface area contributed by atoms with E-state index in [1.807, 2.05) is 6.07 Å². The number of carbonyl (C=O) groups excluding carboxylic acids is 3. The maximum Gasteiger partial charge on any atom is 0.326 e. The highest BCUT2D eigenvalue weighted by molar-refractivity contribution is 6.29. The highest BCUT2D eigenvalue weighted by Crippen LogP contribution is 2.21. The predicted octanol–water partition coefficient (Wildman–Crippen LogP) is 1.22. The second-order valence-electron chi connectivity index (χ2n) is 3.80. The lowest BCUT2D eigenvalue weighted by Gasteiger charge is -2.07. The minimum Gasteiger partial charge on any atom is -0.302 e. The molecule has 2 N–H and O–H groups in total. The Morgan fingerprint density at radius 1 is 1.11 bits per heavy atom. The fourth-order valence-electron chi connectivity index (χ4n) is 1.77. The van der Waals surface area contributed by atoms with Gasteiger partial charge in [0, 0.05) is 6.42 Å². The summed E-state index contributed by atoms with van der Waals surface area (Å²) >= 11 is 0. The highest BCUT2D eigenvalue weighted by atomic mass is 16.2. The molecule has 0 aliphatic carbocycles. The van der Waals surface area contributed by atoms with Crippen LogP contribution in [0.5, 0.6) is 0 Å². The number of amides is 3. The van der Waals surface area contributed by atoms with Crippen molar-refractivity contribution in [1.82, 2.24) is 10.6 Å². The Balaban J connectivity index is 2.57. The molecule has 1 heterocycles. The average Bonchev–Trinajstić information content (AvgIpc) is 2.70. The minimum absolute atomic E-state index is 0.0260. The van der Waals surface area contributed by atoms with E-state index in [2.05, 4.69) is 10.6 Å². The smallest absolute Gasteiger partial charge is 0.302 e. The van der Waals surface area contributed by atoms with Gasteiger partial charge in [0.25, 0.3) is 5.91 Å². The molecule has 2 rings (SSSR count). The summed E-state index contributed by atoms with van der Waals surface area (Å²) in [5.41, 5.74) is 0.899. The molecular weight excluding hydrogens is 232 g/mol. The van der Waals surface area contributed by atoms with Gasteiger partial charge >= 0.3 is 6.03 Å². The molecular formula is C13H12N2O3. The molecule has 5 nitrogen and oxygen atoms in total. The van der Waals surface area contributed by atoms with E-state index in [0.29, 0.717) is 5.56 Å². The summed E-state index contributed by atoms with van der Waals surface area (Å²) in [6.45, 7) is 1.71. The van der Waals surface area contributed by atoms with Crippen molar-refractivity contribution in [2.75, 3.05) is 0 Å². The fraction of sp³-hybridized carbons (Fsp3) is 0.154. The van der Waals surface area contributed by atoms with Gasteiger partial charge in [-0.15, -0.1) is 0 Å². The summed E-state index contributed by atoms with van der Waals surface area (Å²) in [5, 5.41) is 4.47. The summed E-state index contributed by atoms with van der Waals surface area (Å²) in [6, 6.07) is 8.21. The van der Waals surface area contributed by atoms with Crippen LogP contribution in [0.1, 0.15) is 18.9 Å². The number of carbonyl (C=O) groups is 3. The molecule has 0 aromatic heterocycles. The number of imide groups is 1. The van der Waals surface area contributed by atoms with Crippen molar-refractivity contribution >= 4 is 23.3 Å². The van der Waals surface area contributed by atoms with Gasteiger partial charge in [0.1, 0.15) is 5.70 Å². The van der Waals surface area contributed by atoms with Gasteiger partial charge in [0.15, 0.2) is 5.78 Å². The zero-order valence-electron chi connectivity index (χ0n) is 9.82. The summed E-state index contributed by atoms with van der Waals surface area (Å²) in [6.07, 6.45) is 0.261. The second-order valence-corrected chi connectivity index (χ2v) is 3.80. The van der Waals surface area contributed by atoms with Gasteiger partial charge in [0.05, 0.1) is 5.57 Å². The highest BCUT2D eigenvalue weighted by Gasteiger charge is 2.29. The van der Waals surface area contributed by atoms with Crippen molar-refractivity contribution in [3.05, 3.63) is 41.6 Å². The molecule has 0 atom stereocenters. The molecule has 0 saturated carbocycles. The third-order valence-corrected chi connectivity index (χ3v) is 2.61. The molecule has 18 heavy (non-hydrogen) atoms. The number of ketones is 1. The minimum atomic E-state index is -0.604. The molecule has 1 fully saturated rings. The van der Waals surface area contributed by atoms with Gasteiger partial charge in [-0.25, -0.2) is 4.79 Å². The normalized spacial score (nSPS) is 17.2. The van der Waals surface area contributed by atoms with Crippen LogP contribution in [0.25, 0.3) is 5.57 Å². The van der Waals surface area contributed by atoms with Crippen LogP contribution in [0.15, 0.2) is 36.0 Å². The number of Topliss-reactive ketones (excluding diaryl/α,β-unsaturated/α-hetero) is 1. The van der Waals surface area contributed by atoms with E-state index < -0.39 is 11.9 Å². The standard InChI is InChI=1S/C13H12N2O3/c1-2-9(16)10(8-6-4-3-5-7-8)11-12(17)15-13(18)14-11/h3-7H,2H2,1H3,(H2,14,15,17,18)/b11-10-. The molecule has 1 aromatic rings. The van der Waals surface area contributed by atoms with Gasteiger partial charge in [0.2, 0.25) is 0 Å². The van der Waals surface area contributed by atoms with E-state index >= 15 is 0 Å². The largest absolute Gasteiger partial charge is 0.326 e. The molecule has 1 aliphatic rings. The third-order valence-electron chi connectivity index (χ3n) is 2.61. The lowest BCUT2D eigenvalue weighted by Crippen LogP contribution is -2.22. The fourth-order valence-corrected chi connectivity index (χ4v) is 1.77. The van der Waals surface area contributed by atoms with Crippen molar-refractivity contribution < 1.29 is 14.4 Å². The molecule has 1 saturated heterocycles. The van der Waals surface area contributed by atoms with Crippen molar-refractivity contribution in [1.29, 1.82) is 0 Å². The van der Waals surface area contributed by atoms with Gasteiger partial charge in [-0.2, -0.15) is 0 Å². The maximum atomic E-state index is 12.0. The van der Waals surface area contributed by atoms with Crippen LogP contribution < -0.4 is 10.6 Å². The Hall–Kier alpha value is -2.43. The Bertz CT molecular complexity index is 547. The van der Waals surface area contributed by atoms with Crippen LogP contribution in [0.2, 0.25) is 0 Å². The molecule has 0 spiro atoms. The number of urea groups is 1. The Morgan fingerprint density at radius 2 is 1.78 bits per heavy atom. The van der Waals surface area contributed by atoms with E-state index in [-0.39, 0.29) is 23.5 Å². The van der Waals surface area contributed by atoms with Crippen molar-refractivity contribution in [3.63, 3.8) is 0 Å². The van der Waals surface area contributed by atoms with Crippen LogP contribution in [-0.4, -0.2) is 17.7 Å². The zero-order valence-corrected chi connectivity index (χ0v) is 9.82. The zero-order chi connectivity index (χ0) is 13.1. The molecule has 92 valence electrons. The number of hydrogen-bond donors (Lipinski definition) is 2. The molecule has 1 aliphatic heterocycles. The monoisotopic (exact) mass is 244 g/mol. The first-order valence-corrected chi connectivity index (χ1v) is 5.58. The summed E-state index contributed by atoms with van der Waals surface area (Å²) < 4.78 is 0. The van der Waals surface area contributed by atoms with Crippen molar-refractivity contribution in [2.45, 2.75) is 13.3 Å². The average molecular weight is 244 g/mol. The van der Waals surface area contributed by atoms with Gasteiger partial charge in [-0.05, 0) is 5.56 Å². The summed E-state index contributed by atoms with van der Waals surface area (Å²) in [7, 11) is 0. The summed E-state index contributed by atoms with van der Waals surface area (Å²) in [5.74, 6) is -0.755. The Morgan fingerprint density at radius 3 is 2.28 bits per heavy atom. The molecule has 0 bridgehead atoms. The molecule has 1 aromatic carbocycles. The molecule has 3 amide bonds. The maximum absolute atomic E-state index is 12.0. The van der Waals surface area contributed by atoms with E-state index in [0.717, 1.165) is 0 Å². The van der Waals surface area contributed by atoms with Gasteiger partial charge in [-0.3, -0.25) is 14.9 Å². The molecule has 0 radical (unpaired) electrons. The van der Waals surface area contributed by atoms with Crippen molar-refractivity contribution in [3.8, 4) is 0 Å². The van der Waals surface area contributed by atoms with Crippen LogP contribution in [0.3, 0.4) is 0 Å². The summed E-state index contributed by atoms with van der Waals surface area (Å²) in [4.78, 5) is 34.7. The topological polar surface area (TPSA) is 75.3 Å². The number of rotatable bonds is 3. The number of allylic oxidation sites excluding steroid dienone is 1. The number of hydrogen-bond acceptors (Lipinski definition) is 3. The first-order chi connectivity index (χ1) is 8.63. The van der Waals surface area contributed by atoms with E-state index in [9.17, 15) is 14.4 Å². The Kier molecular flexibility index (Phi) is 3.23. The van der Waals surface area contributed by atoms with Crippen LogP contribution >= 0.6 is 0 Å². The predicted molar refractivity (Wildman–Crippen MR) is 65.3 cm³/mol. The SMILES string of the molecule is CCC(=O)/C(=C1\NC(=O)NC1=O)c1ccccc1. The number of nitrogens with one attached hydrogen (secondary N) is 2. The first-order valence-electron chi connectivity index (χ1n) is 5.58. The van der Waals surface area contributed by atoms with E-state index in [1.165, 1.54) is 0 Å². The number of benzene rings is 1. The lowest BCUT2D eigenvalue weighted by atomic mass is 9.98. The van der Waals surface area contributed by atoms with E-state index in [1.54, 1.807) is 31.2 Å². The quantitative estimate of drug-likeness (QED) is 0.620. The first kappa shape index (κ1) is 12.0. The van der Waals surface area contributed by atoms with Crippen LogP contribution in [-0.2, 0) is 9.59 Å². The van der Waals surface area contributed by atoms with Gasteiger partial charge in [-0.1, -0.05) is 37.3 Å². The lowest BCUT2D eigenvalue weighted by molar-refractivity contribution is -0.117. The third kappa shape index (κ3) is 2.15. The van der Waals surface area contributed by atoms with Crippen LogP contribution in [0.4, 0.5) is 4.79 Å². The van der Waals surface area contributed by atoms with Crippen LogP contribution in [0, 0.1) is 0 Å². The van der Waals surface area contributed by atoms with Crippen molar-refractivity contribution in [2.24, 2.45) is 0 Å². The molecule has 5 heteroatoms.